The molecule has 0 aromatic heterocycles. The second kappa shape index (κ2) is 10.2. The van der Waals surface area contributed by atoms with E-state index in [9.17, 15) is 19.1 Å². The molecule has 1 unspecified atom stereocenters. The summed E-state index contributed by atoms with van der Waals surface area (Å²) >= 11 is 0. The van der Waals surface area contributed by atoms with E-state index in [-0.39, 0.29) is 17.0 Å². The van der Waals surface area contributed by atoms with E-state index in [0.717, 1.165) is 0 Å². The summed E-state index contributed by atoms with van der Waals surface area (Å²) in [5, 5.41) is 11.4. The lowest BCUT2D eigenvalue weighted by Crippen LogP contribution is -2.29. The summed E-state index contributed by atoms with van der Waals surface area (Å²) in [7, 11) is 5.86. The molecule has 0 radical (unpaired) electrons. The van der Waals surface area contributed by atoms with Crippen LogP contribution in [-0.4, -0.2) is 45.2 Å². The largest absolute Gasteiger partial charge is 0.507 e. The quantitative estimate of drug-likeness (QED) is 0.279. The third-order valence-electron chi connectivity index (χ3n) is 6.24. The lowest BCUT2D eigenvalue weighted by atomic mass is 9.93. The number of halogens is 1. The Bertz CT molecular complexity index is 1370. The van der Waals surface area contributed by atoms with Gasteiger partial charge in [0.1, 0.15) is 17.3 Å². The number of ketones is 1. The van der Waals surface area contributed by atoms with Gasteiger partial charge >= 0.3 is 0 Å². The summed E-state index contributed by atoms with van der Waals surface area (Å²) in [6, 6.07) is 12.2. The molecule has 1 amide bonds. The average molecular weight is 508 g/mol. The van der Waals surface area contributed by atoms with Crippen LogP contribution in [0.5, 0.6) is 23.0 Å². The van der Waals surface area contributed by atoms with E-state index in [2.05, 4.69) is 0 Å². The zero-order chi connectivity index (χ0) is 26.9. The van der Waals surface area contributed by atoms with E-state index in [1.807, 2.05) is 0 Å². The van der Waals surface area contributed by atoms with E-state index in [1.54, 1.807) is 37.3 Å². The standard InChI is InChI=1S/C28H26FNO7/c1-15-12-19(34-2)10-11-20(15)25(31)23-24(16-13-21(35-3)27(37-5)22(14-16)36-4)30(28(33)26(23)32)18-8-6-17(29)7-9-18/h6-14,24,31H,1-5H3/b25-23+. The van der Waals surface area contributed by atoms with Gasteiger partial charge in [-0.25, -0.2) is 4.39 Å². The van der Waals surface area contributed by atoms with Crippen LogP contribution >= 0.6 is 0 Å². The van der Waals surface area contributed by atoms with Crippen LogP contribution in [0.15, 0.2) is 60.2 Å². The lowest BCUT2D eigenvalue weighted by Gasteiger charge is -2.26. The molecule has 1 atom stereocenters. The number of aryl methyl sites for hydroxylation is 1. The molecule has 192 valence electrons. The van der Waals surface area contributed by atoms with Crippen molar-refractivity contribution >= 4 is 23.1 Å². The van der Waals surface area contributed by atoms with Crippen LogP contribution in [-0.2, 0) is 9.59 Å². The first-order valence-corrected chi connectivity index (χ1v) is 11.3. The predicted molar refractivity (Wildman–Crippen MR) is 135 cm³/mol. The maximum atomic E-state index is 13.7. The molecule has 4 rings (SSSR count). The van der Waals surface area contributed by atoms with E-state index in [1.165, 1.54) is 57.6 Å². The Morgan fingerprint density at radius 2 is 1.49 bits per heavy atom. The fraction of sp³-hybridized carbons (Fsp3) is 0.214. The van der Waals surface area contributed by atoms with Gasteiger partial charge in [-0.2, -0.15) is 0 Å². The van der Waals surface area contributed by atoms with E-state index in [0.29, 0.717) is 39.7 Å². The van der Waals surface area contributed by atoms with Crippen molar-refractivity contribution in [2.75, 3.05) is 33.3 Å². The number of benzene rings is 3. The number of carbonyl (C=O) groups is 2. The van der Waals surface area contributed by atoms with Crippen molar-refractivity contribution in [1.82, 2.24) is 0 Å². The summed E-state index contributed by atoms with van der Waals surface area (Å²) in [5.41, 5.74) is 1.53. The van der Waals surface area contributed by atoms with Gasteiger partial charge in [0.15, 0.2) is 11.5 Å². The van der Waals surface area contributed by atoms with Crippen molar-refractivity contribution in [2.45, 2.75) is 13.0 Å². The number of aliphatic hydroxyl groups excluding tert-OH is 1. The van der Waals surface area contributed by atoms with Crippen molar-refractivity contribution < 1.29 is 38.0 Å². The predicted octanol–water partition coefficient (Wildman–Crippen LogP) is 4.79. The molecule has 0 aliphatic carbocycles. The SMILES string of the molecule is COc1ccc(/C(O)=C2\C(=O)C(=O)N(c3ccc(F)cc3)C2c2cc(OC)c(OC)c(OC)c2)c(C)c1. The summed E-state index contributed by atoms with van der Waals surface area (Å²) < 4.78 is 35.3. The number of anilines is 1. The highest BCUT2D eigenvalue weighted by molar-refractivity contribution is 6.51. The van der Waals surface area contributed by atoms with Gasteiger partial charge in [-0.05, 0) is 72.6 Å². The minimum atomic E-state index is -1.08. The number of nitrogens with zero attached hydrogens (tertiary/aromatic N) is 1. The van der Waals surface area contributed by atoms with Crippen molar-refractivity contribution in [3.63, 3.8) is 0 Å². The van der Waals surface area contributed by atoms with Gasteiger partial charge in [0.05, 0.1) is 40.1 Å². The molecule has 8 nitrogen and oxygen atoms in total. The number of carbonyl (C=O) groups excluding carboxylic acids is 2. The number of ether oxygens (including phenoxy) is 4. The third kappa shape index (κ3) is 4.44. The van der Waals surface area contributed by atoms with Gasteiger partial charge in [-0.3, -0.25) is 14.5 Å². The van der Waals surface area contributed by atoms with E-state index >= 15 is 0 Å². The first-order valence-electron chi connectivity index (χ1n) is 11.3. The monoisotopic (exact) mass is 507 g/mol. The third-order valence-corrected chi connectivity index (χ3v) is 6.24. The summed E-state index contributed by atoms with van der Waals surface area (Å²) in [4.78, 5) is 28.0. The molecule has 3 aromatic rings. The molecule has 0 spiro atoms. The van der Waals surface area contributed by atoms with Crippen LogP contribution in [0.25, 0.3) is 5.76 Å². The highest BCUT2D eigenvalue weighted by atomic mass is 19.1. The molecule has 1 fully saturated rings. The number of amides is 1. The lowest BCUT2D eigenvalue weighted by molar-refractivity contribution is -0.132. The molecule has 3 aromatic carbocycles. The topological polar surface area (TPSA) is 94.5 Å². The molecule has 1 aliphatic heterocycles. The minimum Gasteiger partial charge on any atom is -0.507 e. The number of methoxy groups -OCH3 is 4. The van der Waals surface area contributed by atoms with Gasteiger partial charge in [-0.15, -0.1) is 0 Å². The Kier molecular flexibility index (Phi) is 7.06. The average Bonchev–Trinajstić information content (AvgIpc) is 3.17. The molecule has 0 saturated carbocycles. The summed E-state index contributed by atoms with van der Waals surface area (Å²) in [5.74, 6) is -1.15. The van der Waals surface area contributed by atoms with Crippen molar-refractivity contribution in [2.24, 2.45) is 0 Å². The number of Topliss-reactive ketones (excluding diaryl/α,β-unsaturated/α-hetero) is 1. The van der Waals surface area contributed by atoms with Crippen LogP contribution in [0, 0.1) is 12.7 Å². The Morgan fingerprint density at radius 1 is 0.865 bits per heavy atom. The molecule has 1 N–H and O–H groups in total. The van der Waals surface area contributed by atoms with Gasteiger partial charge in [0.25, 0.3) is 11.7 Å². The number of rotatable bonds is 7. The molecule has 37 heavy (non-hydrogen) atoms. The smallest absolute Gasteiger partial charge is 0.300 e. The van der Waals surface area contributed by atoms with Crippen LogP contribution in [0.4, 0.5) is 10.1 Å². The molecule has 1 saturated heterocycles. The van der Waals surface area contributed by atoms with Gasteiger partial charge in [-0.1, -0.05) is 0 Å². The second-order valence-corrected chi connectivity index (χ2v) is 8.29. The summed E-state index contributed by atoms with van der Waals surface area (Å²) in [6.45, 7) is 1.75. The number of hydrogen-bond acceptors (Lipinski definition) is 7. The minimum absolute atomic E-state index is 0.142. The van der Waals surface area contributed by atoms with Crippen LogP contribution in [0.1, 0.15) is 22.7 Å². The first kappa shape index (κ1) is 25.6. The van der Waals surface area contributed by atoms with Gasteiger partial charge < -0.3 is 24.1 Å². The van der Waals surface area contributed by atoms with Crippen LogP contribution in [0.2, 0.25) is 0 Å². The maximum absolute atomic E-state index is 13.7. The number of hydrogen-bond donors (Lipinski definition) is 1. The Balaban J connectivity index is 2.02. The molecule has 0 bridgehead atoms. The molecular weight excluding hydrogens is 481 g/mol. The highest BCUT2D eigenvalue weighted by Crippen LogP contribution is 2.47. The van der Waals surface area contributed by atoms with Crippen molar-refractivity contribution in [3.05, 3.63) is 82.7 Å². The van der Waals surface area contributed by atoms with Crippen LogP contribution < -0.4 is 23.8 Å². The Hall–Kier alpha value is -4.53. The Morgan fingerprint density at radius 3 is 2.00 bits per heavy atom. The fourth-order valence-corrected chi connectivity index (χ4v) is 4.45. The highest BCUT2D eigenvalue weighted by Gasteiger charge is 2.47. The summed E-state index contributed by atoms with van der Waals surface area (Å²) in [6.07, 6.45) is 0. The van der Waals surface area contributed by atoms with Crippen LogP contribution in [0.3, 0.4) is 0 Å². The number of aliphatic hydroxyl groups is 1. The molecule has 1 heterocycles. The van der Waals surface area contributed by atoms with E-state index < -0.39 is 23.5 Å². The maximum Gasteiger partial charge on any atom is 0.300 e. The molecule has 1 aliphatic rings. The van der Waals surface area contributed by atoms with Crippen molar-refractivity contribution in [3.8, 4) is 23.0 Å². The molecule has 9 heteroatoms. The molecular formula is C28H26FNO7. The van der Waals surface area contributed by atoms with Gasteiger partial charge in [0, 0.05) is 11.3 Å². The Labute approximate surface area is 213 Å². The normalized spacial score (nSPS) is 16.6. The first-order chi connectivity index (χ1) is 17.7. The second-order valence-electron chi connectivity index (χ2n) is 8.29. The van der Waals surface area contributed by atoms with E-state index in [4.69, 9.17) is 18.9 Å². The zero-order valence-corrected chi connectivity index (χ0v) is 21.0. The fourth-order valence-electron chi connectivity index (χ4n) is 4.45. The zero-order valence-electron chi connectivity index (χ0n) is 21.0. The van der Waals surface area contributed by atoms with Crippen molar-refractivity contribution in [1.29, 1.82) is 0 Å². The van der Waals surface area contributed by atoms with Gasteiger partial charge in [0.2, 0.25) is 5.75 Å².